The minimum Gasteiger partial charge on any atom is -0.270 e. The Hall–Kier alpha value is -1.47. The molecule has 1 rings (SSSR count). The largest absolute Gasteiger partial charge is 0.271 e. The number of hydrogen-bond donors (Lipinski definition) is 2. The quantitative estimate of drug-likeness (QED) is 0.768. The minimum atomic E-state index is -3.54. The van der Waals surface area contributed by atoms with Crippen LogP contribution in [0.25, 0.3) is 0 Å². The molecular weight excluding hydrogens is 254 g/mol. The van der Waals surface area contributed by atoms with Crippen LogP contribution in [0.2, 0.25) is 0 Å². The molecule has 0 unspecified atom stereocenters. The van der Waals surface area contributed by atoms with Gasteiger partial charge in [0.25, 0.3) is 5.91 Å². The van der Waals surface area contributed by atoms with E-state index in [9.17, 15) is 13.2 Å². The third-order valence-corrected chi connectivity index (χ3v) is 3.61. The van der Waals surface area contributed by atoms with Gasteiger partial charge in [0.15, 0.2) is 0 Å². The number of pyridine rings is 1. The molecule has 1 aromatic heterocycles. The van der Waals surface area contributed by atoms with Gasteiger partial charge in [0.2, 0.25) is 22.4 Å². The highest BCUT2D eigenvalue weighted by Gasteiger charge is 2.22. The number of carbonyl (C=O) groups is 1. The molecule has 0 fully saturated rings. The van der Waals surface area contributed by atoms with E-state index in [4.69, 9.17) is 0 Å². The molecule has 0 saturated heterocycles. The molecule has 0 saturated carbocycles. The maximum Gasteiger partial charge on any atom is 0.271 e. The van der Waals surface area contributed by atoms with E-state index in [0.717, 1.165) is 0 Å². The van der Waals surface area contributed by atoms with Gasteiger partial charge in [-0.15, -0.1) is 5.43 Å². The van der Waals surface area contributed by atoms with Crippen molar-refractivity contribution in [2.45, 2.75) is 38.1 Å². The summed E-state index contributed by atoms with van der Waals surface area (Å²) in [5.41, 5.74) is 1.95. The lowest BCUT2D eigenvalue weighted by Crippen LogP contribution is -2.47. The second-order valence-electron chi connectivity index (χ2n) is 4.96. The second kappa shape index (κ2) is 5.03. The SMILES string of the molecule is CC(=O)N[n+]1ccc(S(=O)(=O)NC(C)(C)C)cc1. The van der Waals surface area contributed by atoms with Crippen LogP contribution in [-0.2, 0) is 14.8 Å². The molecule has 0 aromatic carbocycles. The van der Waals surface area contributed by atoms with E-state index < -0.39 is 15.6 Å². The van der Waals surface area contributed by atoms with E-state index in [1.54, 1.807) is 20.8 Å². The standard InChI is InChI=1S/C11H17N3O3S/c1-9(15)12-14-7-5-10(6-8-14)18(16,17)13-11(2,3)4/h5-8,13H,1-4H3/p+1. The molecule has 18 heavy (non-hydrogen) atoms. The molecule has 6 nitrogen and oxygen atoms in total. The summed E-state index contributed by atoms with van der Waals surface area (Å²) < 4.78 is 27.9. The zero-order chi connectivity index (χ0) is 14.0. The molecule has 1 heterocycles. The molecule has 100 valence electrons. The van der Waals surface area contributed by atoms with Crippen LogP contribution in [0.4, 0.5) is 0 Å². The Morgan fingerprint density at radius 1 is 1.22 bits per heavy atom. The van der Waals surface area contributed by atoms with E-state index in [0.29, 0.717) is 0 Å². The number of sulfonamides is 1. The lowest BCUT2D eigenvalue weighted by Gasteiger charge is -2.19. The third-order valence-electron chi connectivity index (χ3n) is 1.84. The average molecular weight is 272 g/mol. The van der Waals surface area contributed by atoms with Crippen LogP contribution in [0.3, 0.4) is 0 Å². The molecule has 7 heteroatoms. The van der Waals surface area contributed by atoms with Gasteiger partial charge in [0.05, 0.1) is 4.90 Å². The Balaban J connectivity index is 2.94. The summed E-state index contributed by atoms with van der Waals surface area (Å²) in [5.74, 6) is -0.233. The Morgan fingerprint density at radius 3 is 2.11 bits per heavy atom. The monoisotopic (exact) mass is 272 g/mol. The number of nitrogens with one attached hydrogen (secondary N) is 2. The fraction of sp³-hybridized carbons (Fsp3) is 0.455. The van der Waals surface area contributed by atoms with Gasteiger partial charge in [0.1, 0.15) is 0 Å². The molecule has 2 N–H and O–H groups in total. The average Bonchev–Trinajstić information content (AvgIpc) is 2.13. The number of amides is 1. The van der Waals surface area contributed by atoms with Crippen molar-refractivity contribution >= 4 is 15.9 Å². The van der Waals surface area contributed by atoms with Crippen LogP contribution in [0.15, 0.2) is 29.4 Å². The predicted octanol–water partition coefficient (Wildman–Crippen LogP) is 0.141. The van der Waals surface area contributed by atoms with Crippen molar-refractivity contribution in [3.63, 3.8) is 0 Å². The molecule has 0 bridgehead atoms. The highest BCUT2D eigenvalue weighted by atomic mass is 32.2. The molecule has 1 aromatic rings. The lowest BCUT2D eigenvalue weighted by atomic mass is 10.1. The third kappa shape index (κ3) is 4.42. The fourth-order valence-corrected chi connectivity index (χ4v) is 2.71. The number of rotatable bonds is 3. The molecule has 0 aliphatic heterocycles. The van der Waals surface area contributed by atoms with Crippen molar-refractivity contribution in [1.29, 1.82) is 0 Å². The molecule has 0 spiro atoms. The second-order valence-corrected chi connectivity index (χ2v) is 6.65. The van der Waals surface area contributed by atoms with Crippen molar-refractivity contribution in [2.24, 2.45) is 0 Å². The van der Waals surface area contributed by atoms with Crippen LogP contribution in [0.5, 0.6) is 0 Å². The predicted molar refractivity (Wildman–Crippen MR) is 66.8 cm³/mol. The van der Waals surface area contributed by atoms with Crippen LogP contribution in [-0.4, -0.2) is 19.9 Å². The Kier molecular flexibility index (Phi) is 4.08. The maximum absolute atomic E-state index is 12.0. The van der Waals surface area contributed by atoms with Crippen molar-refractivity contribution in [3.8, 4) is 0 Å². The molecule has 0 aliphatic rings. The summed E-state index contributed by atoms with van der Waals surface area (Å²) in [4.78, 5) is 11.0. The van der Waals surface area contributed by atoms with Gasteiger partial charge in [-0.25, -0.2) is 13.1 Å². The van der Waals surface area contributed by atoms with Crippen molar-refractivity contribution in [3.05, 3.63) is 24.5 Å². The van der Waals surface area contributed by atoms with Gasteiger partial charge < -0.3 is 0 Å². The first kappa shape index (κ1) is 14.6. The van der Waals surface area contributed by atoms with Gasteiger partial charge >= 0.3 is 0 Å². The van der Waals surface area contributed by atoms with Gasteiger partial charge in [-0.3, -0.25) is 4.79 Å². The summed E-state index contributed by atoms with van der Waals surface area (Å²) in [7, 11) is -3.54. The molecule has 0 aliphatic carbocycles. The van der Waals surface area contributed by atoms with Crippen molar-refractivity contribution in [1.82, 2.24) is 4.72 Å². The van der Waals surface area contributed by atoms with Crippen LogP contribution >= 0.6 is 0 Å². The lowest BCUT2D eigenvalue weighted by molar-refractivity contribution is -0.642. The normalized spacial score (nSPS) is 12.2. The fourth-order valence-electron chi connectivity index (χ4n) is 1.31. The van der Waals surface area contributed by atoms with Crippen LogP contribution in [0, 0.1) is 0 Å². The number of carbonyl (C=O) groups excluding carboxylic acids is 1. The summed E-state index contributed by atoms with van der Waals surface area (Å²) in [5, 5.41) is 0. The van der Waals surface area contributed by atoms with Gasteiger partial charge in [-0.05, 0) is 20.8 Å². The summed E-state index contributed by atoms with van der Waals surface area (Å²) >= 11 is 0. The van der Waals surface area contributed by atoms with Crippen molar-refractivity contribution in [2.75, 3.05) is 5.43 Å². The first-order valence-electron chi connectivity index (χ1n) is 5.43. The number of nitrogens with zero attached hydrogens (tertiary/aromatic N) is 1. The van der Waals surface area contributed by atoms with E-state index in [-0.39, 0.29) is 10.8 Å². The molecule has 0 radical (unpaired) electrons. The highest BCUT2D eigenvalue weighted by Crippen LogP contribution is 2.10. The van der Waals surface area contributed by atoms with Crippen LogP contribution < -0.4 is 14.8 Å². The zero-order valence-electron chi connectivity index (χ0n) is 10.9. The van der Waals surface area contributed by atoms with E-state index in [1.165, 1.54) is 36.1 Å². The first-order chi connectivity index (χ1) is 8.10. The minimum absolute atomic E-state index is 0.152. The van der Waals surface area contributed by atoms with E-state index >= 15 is 0 Å². The first-order valence-corrected chi connectivity index (χ1v) is 6.91. The Labute approximate surface area is 107 Å². The smallest absolute Gasteiger partial charge is 0.270 e. The molecule has 1 amide bonds. The summed E-state index contributed by atoms with van der Waals surface area (Å²) in [6.45, 7) is 6.68. The van der Waals surface area contributed by atoms with E-state index in [1.807, 2.05) is 0 Å². The topological polar surface area (TPSA) is 79.2 Å². The zero-order valence-corrected chi connectivity index (χ0v) is 11.7. The van der Waals surface area contributed by atoms with Gasteiger partial charge in [-0.1, -0.05) is 4.68 Å². The van der Waals surface area contributed by atoms with E-state index in [2.05, 4.69) is 10.1 Å². The Morgan fingerprint density at radius 2 is 1.72 bits per heavy atom. The number of aromatic nitrogens is 1. The van der Waals surface area contributed by atoms with Gasteiger partial charge in [-0.2, -0.15) is 0 Å². The number of hydrogen-bond acceptors (Lipinski definition) is 3. The van der Waals surface area contributed by atoms with Crippen LogP contribution in [0.1, 0.15) is 27.7 Å². The van der Waals surface area contributed by atoms with Gasteiger partial charge in [0, 0.05) is 24.6 Å². The maximum atomic E-state index is 12.0. The summed E-state index contributed by atoms with van der Waals surface area (Å²) in [6, 6.07) is 2.84. The summed E-state index contributed by atoms with van der Waals surface area (Å²) in [6.07, 6.45) is 2.94. The molecular formula is C11H18N3O3S+. The Bertz CT molecular complexity index is 530. The molecule has 0 atom stereocenters. The van der Waals surface area contributed by atoms with Crippen molar-refractivity contribution < 1.29 is 17.9 Å². The highest BCUT2D eigenvalue weighted by molar-refractivity contribution is 7.89.